The summed E-state index contributed by atoms with van der Waals surface area (Å²) in [6.07, 6.45) is 0. The average molecular weight is 406 g/mol. The van der Waals surface area contributed by atoms with Gasteiger partial charge < -0.3 is 14.8 Å². The van der Waals surface area contributed by atoms with Gasteiger partial charge in [0.25, 0.3) is 17.7 Å². The quantitative estimate of drug-likeness (QED) is 0.610. The molecule has 2 aromatic rings. The molecule has 3 N–H and O–H groups in total. The first-order chi connectivity index (χ1) is 13.5. The molecule has 8 nitrogen and oxygen atoms in total. The smallest absolute Gasteiger partial charge is 0.269 e. The fourth-order valence-corrected chi connectivity index (χ4v) is 2.45. The Morgan fingerprint density at radius 1 is 1.00 bits per heavy atom. The Morgan fingerprint density at radius 3 is 2.43 bits per heavy atom. The maximum atomic E-state index is 12.2. The van der Waals surface area contributed by atoms with Crippen molar-refractivity contribution in [1.82, 2.24) is 16.2 Å². The summed E-state index contributed by atoms with van der Waals surface area (Å²) in [4.78, 5) is 36.0. The summed E-state index contributed by atoms with van der Waals surface area (Å²) in [5.41, 5.74) is 5.00. The third-order valence-electron chi connectivity index (χ3n) is 3.57. The van der Waals surface area contributed by atoms with Crippen molar-refractivity contribution in [3.8, 4) is 11.5 Å². The van der Waals surface area contributed by atoms with Crippen LogP contribution in [-0.4, -0.2) is 38.0 Å². The van der Waals surface area contributed by atoms with Crippen LogP contribution in [0.1, 0.15) is 27.6 Å². The molecule has 0 atom stereocenters. The largest absolute Gasteiger partial charge is 0.493 e. The van der Waals surface area contributed by atoms with E-state index in [9.17, 15) is 14.4 Å². The summed E-state index contributed by atoms with van der Waals surface area (Å²) in [6, 6.07) is 11.1. The van der Waals surface area contributed by atoms with Crippen molar-refractivity contribution in [2.24, 2.45) is 0 Å². The minimum Gasteiger partial charge on any atom is -0.493 e. The molecule has 9 heteroatoms. The van der Waals surface area contributed by atoms with E-state index in [4.69, 9.17) is 21.1 Å². The van der Waals surface area contributed by atoms with Crippen molar-refractivity contribution in [3.05, 3.63) is 58.6 Å². The topological polar surface area (TPSA) is 106 Å². The predicted molar refractivity (Wildman–Crippen MR) is 104 cm³/mol. The van der Waals surface area contributed by atoms with Gasteiger partial charge in [-0.15, -0.1) is 0 Å². The molecule has 0 spiro atoms. The normalized spacial score (nSPS) is 9.96. The molecule has 0 saturated carbocycles. The highest BCUT2D eigenvalue weighted by molar-refractivity contribution is 6.33. The van der Waals surface area contributed by atoms with Crippen LogP contribution in [0.15, 0.2) is 42.5 Å². The van der Waals surface area contributed by atoms with Gasteiger partial charge in [-0.25, -0.2) is 0 Å². The summed E-state index contributed by atoms with van der Waals surface area (Å²) in [7, 11) is 1.46. The van der Waals surface area contributed by atoms with Gasteiger partial charge in [-0.2, -0.15) is 0 Å². The Hall–Kier alpha value is -3.26. The summed E-state index contributed by atoms with van der Waals surface area (Å²) >= 11 is 5.92. The van der Waals surface area contributed by atoms with Gasteiger partial charge >= 0.3 is 0 Å². The summed E-state index contributed by atoms with van der Waals surface area (Å²) in [5.74, 6) is -0.747. The van der Waals surface area contributed by atoms with E-state index in [1.165, 1.54) is 25.3 Å². The van der Waals surface area contributed by atoms with Crippen LogP contribution in [0.4, 0.5) is 0 Å². The lowest BCUT2D eigenvalue weighted by Crippen LogP contribution is -2.46. The van der Waals surface area contributed by atoms with Gasteiger partial charge in [0.05, 0.1) is 30.8 Å². The Labute approximate surface area is 167 Å². The molecule has 0 fully saturated rings. The molecule has 3 amide bonds. The highest BCUT2D eigenvalue weighted by atomic mass is 35.5. The van der Waals surface area contributed by atoms with Crippen LogP contribution in [0.2, 0.25) is 5.02 Å². The number of methoxy groups -OCH3 is 1. The van der Waals surface area contributed by atoms with Crippen molar-refractivity contribution >= 4 is 29.3 Å². The maximum Gasteiger partial charge on any atom is 0.269 e. The molecule has 2 rings (SSSR count). The second-order valence-corrected chi connectivity index (χ2v) is 5.87. The number of carbonyl (C=O) groups excluding carboxylic acids is 3. The SMILES string of the molecule is CCOc1ccc(C(=O)NNC(=O)CNC(=O)c2ccccc2Cl)cc1OC. The molecule has 0 heterocycles. The molecule has 0 aromatic heterocycles. The van der Waals surface area contributed by atoms with E-state index >= 15 is 0 Å². The summed E-state index contributed by atoms with van der Waals surface area (Å²) in [6.45, 7) is 1.95. The molecule has 0 aliphatic rings. The fraction of sp³-hybridized carbons (Fsp3) is 0.211. The van der Waals surface area contributed by atoms with Gasteiger partial charge in [0, 0.05) is 5.56 Å². The van der Waals surface area contributed by atoms with Crippen molar-refractivity contribution in [2.75, 3.05) is 20.3 Å². The third-order valence-corrected chi connectivity index (χ3v) is 3.90. The van der Waals surface area contributed by atoms with Crippen LogP contribution in [-0.2, 0) is 4.79 Å². The molecule has 0 bridgehead atoms. The van der Waals surface area contributed by atoms with E-state index in [0.29, 0.717) is 18.1 Å². The third kappa shape index (κ3) is 5.62. The zero-order valence-corrected chi connectivity index (χ0v) is 16.1. The van der Waals surface area contributed by atoms with Crippen LogP contribution in [0.3, 0.4) is 0 Å². The van der Waals surface area contributed by atoms with Gasteiger partial charge in [-0.1, -0.05) is 23.7 Å². The number of hydrogen-bond donors (Lipinski definition) is 3. The van der Waals surface area contributed by atoms with Gasteiger partial charge in [0.2, 0.25) is 0 Å². The van der Waals surface area contributed by atoms with Crippen LogP contribution in [0.25, 0.3) is 0 Å². The predicted octanol–water partition coefficient (Wildman–Crippen LogP) is 1.94. The Kier molecular flexibility index (Phi) is 7.65. The Bertz CT molecular complexity index is 872. The second kappa shape index (κ2) is 10.2. The first-order valence-corrected chi connectivity index (χ1v) is 8.76. The highest BCUT2D eigenvalue weighted by Crippen LogP contribution is 2.27. The fourth-order valence-electron chi connectivity index (χ4n) is 2.23. The molecule has 2 aromatic carbocycles. The van der Waals surface area contributed by atoms with Crippen LogP contribution in [0, 0.1) is 0 Å². The van der Waals surface area contributed by atoms with E-state index in [1.807, 2.05) is 6.92 Å². The van der Waals surface area contributed by atoms with Gasteiger partial charge in [0.15, 0.2) is 11.5 Å². The number of rotatable bonds is 7. The number of amides is 3. The van der Waals surface area contributed by atoms with Crippen molar-refractivity contribution < 1.29 is 23.9 Å². The highest BCUT2D eigenvalue weighted by Gasteiger charge is 2.13. The van der Waals surface area contributed by atoms with Crippen LogP contribution < -0.4 is 25.6 Å². The van der Waals surface area contributed by atoms with Gasteiger partial charge in [-0.3, -0.25) is 25.2 Å². The number of nitrogens with one attached hydrogen (secondary N) is 3. The standard InChI is InChI=1S/C19H20ClN3O5/c1-3-28-15-9-8-12(10-16(15)27-2)18(25)23-22-17(24)11-21-19(26)13-6-4-5-7-14(13)20/h4-10H,3,11H2,1-2H3,(H,21,26)(H,22,24)(H,23,25). The molecule has 0 saturated heterocycles. The number of hydrogen-bond acceptors (Lipinski definition) is 5. The number of ether oxygens (including phenoxy) is 2. The number of carbonyl (C=O) groups is 3. The van der Waals surface area contributed by atoms with Gasteiger partial charge in [0.1, 0.15) is 0 Å². The zero-order valence-electron chi connectivity index (χ0n) is 15.4. The minimum atomic E-state index is -0.605. The summed E-state index contributed by atoms with van der Waals surface area (Å²) in [5, 5.41) is 2.70. The number of hydrazine groups is 1. The molecule has 0 aliphatic heterocycles. The molecule has 0 radical (unpaired) electrons. The van der Waals surface area contributed by atoms with Crippen molar-refractivity contribution in [3.63, 3.8) is 0 Å². The van der Waals surface area contributed by atoms with Gasteiger partial charge in [-0.05, 0) is 37.3 Å². The van der Waals surface area contributed by atoms with E-state index in [0.717, 1.165) is 0 Å². The summed E-state index contributed by atoms with van der Waals surface area (Å²) < 4.78 is 10.6. The Morgan fingerprint density at radius 2 is 1.75 bits per heavy atom. The number of halogens is 1. The first-order valence-electron chi connectivity index (χ1n) is 8.39. The lowest BCUT2D eigenvalue weighted by atomic mass is 10.2. The molecule has 0 unspecified atom stereocenters. The molecular formula is C19H20ClN3O5. The number of benzene rings is 2. The van der Waals surface area contributed by atoms with E-state index in [1.54, 1.807) is 24.3 Å². The van der Waals surface area contributed by atoms with E-state index in [-0.39, 0.29) is 22.7 Å². The lowest BCUT2D eigenvalue weighted by molar-refractivity contribution is -0.120. The Balaban J connectivity index is 1.86. The second-order valence-electron chi connectivity index (χ2n) is 5.46. The molecular weight excluding hydrogens is 386 g/mol. The molecule has 148 valence electrons. The minimum absolute atomic E-state index is 0.252. The first kappa shape index (κ1) is 21.0. The zero-order chi connectivity index (χ0) is 20.5. The monoisotopic (exact) mass is 405 g/mol. The molecule has 28 heavy (non-hydrogen) atoms. The average Bonchev–Trinajstić information content (AvgIpc) is 2.71. The van der Waals surface area contributed by atoms with Crippen LogP contribution >= 0.6 is 11.6 Å². The van der Waals surface area contributed by atoms with E-state index < -0.39 is 17.7 Å². The van der Waals surface area contributed by atoms with E-state index in [2.05, 4.69) is 16.2 Å². The lowest BCUT2D eigenvalue weighted by Gasteiger charge is -2.12. The van der Waals surface area contributed by atoms with Crippen molar-refractivity contribution in [2.45, 2.75) is 6.92 Å². The molecule has 0 aliphatic carbocycles. The van der Waals surface area contributed by atoms with Crippen LogP contribution in [0.5, 0.6) is 11.5 Å². The van der Waals surface area contributed by atoms with Crippen molar-refractivity contribution in [1.29, 1.82) is 0 Å². The maximum absolute atomic E-state index is 12.2.